The molecule has 2 heteroatoms. The summed E-state index contributed by atoms with van der Waals surface area (Å²) in [6, 6.07) is 0. The molecule has 0 aromatic carbocycles. The van der Waals surface area contributed by atoms with E-state index in [1.807, 2.05) is 6.08 Å². The molecule has 0 aromatic heterocycles. The van der Waals surface area contributed by atoms with Crippen LogP contribution in [-0.2, 0) is 4.79 Å². The first kappa shape index (κ1) is 12.8. The van der Waals surface area contributed by atoms with Gasteiger partial charge in [-0.05, 0) is 79.4 Å². The minimum absolute atomic E-state index is 0.0936. The Hall–Kier alpha value is -0.890. The second-order valence-corrected chi connectivity index (χ2v) is 7.49. The Morgan fingerprint density at radius 3 is 2.85 bits per heavy atom. The molecule has 4 aliphatic rings. The summed E-state index contributed by atoms with van der Waals surface area (Å²) >= 11 is 0. The maximum absolute atomic E-state index is 11.6. The second kappa shape index (κ2) is 4.30. The van der Waals surface area contributed by atoms with Crippen molar-refractivity contribution in [1.29, 1.82) is 0 Å². The highest BCUT2D eigenvalue weighted by molar-refractivity contribution is 5.93. The molecule has 4 atom stereocenters. The highest BCUT2D eigenvalue weighted by Gasteiger charge is 2.53. The van der Waals surface area contributed by atoms with Crippen molar-refractivity contribution in [2.45, 2.75) is 64.4 Å². The third kappa shape index (κ3) is 1.64. The van der Waals surface area contributed by atoms with Crippen LogP contribution < -0.4 is 0 Å². The van der Waals surface area contributed by atoms with Crippen LogP contribution in [0.2, 0.25) is 0 Å². The number of allylic oxidation sites excluding steroid dienone is 4. The van der Waals surface area contributed by atoms with Crippen LogP contribution >= 0.6 is 0 Å². The van der Waals surface area contributed by atoms with E-state index in [0.717, 1.165) is 32.1 Å². The number of hydrogen-bond donors (Lipinski definition) is 1. The van der Waals surface area contributed by atoms with Crippen molar-refractivity contribution in [2.24, 2.45) is 17.3 Å². The summed E-state index contributed by atoms with van der Waals surface area (Å²) < 4.78 is 0. The molecule has 4 rings (SSSR count). The van der Waals surface area contributed by atoms with Gasteiger partial charge in [0.05, 0.1) is 6.10 Å². The molecule has 0 bridgehead atoms. The van der Waals surface area contributed by atoms with Crippen molar-refractivity contribution in [3.8, 4) is 0 Å². The SMILES string of the molecule is C[C@]12CCC3=C4CCC(=O)C=C4CCC3[C@@H]1CC[C@@H]2O. The zero-order valence-corrected chi connectivity index (χ0v) is 12.3. The summed E-state index contributed by atoms with van der Waals surface area (Å²) in [5.74, 6) is 1.68. The fourth-order valence-corrected chi connectivity index (χ4v) is 5.50. The zero-order valence-electron chi connectivity index (χ0n) is 12.3. The normalized spacial score (nSPS) is 43.8. The van der Waals surface area contributed by atoms with Gasteiger partial charge in [-0.3, -0.25) is 4.79 Å². The Morgan fingerprint density at radius 2 is 2.00 bits per heavy atom. The lowest BCUT2D eigenvalue weighted by Gasteiger charge is -2.48. The Bertz CT molecular complexity index is 528. The summed E-state index contributed by atoms with van der Waals surface area (Å²) in [6.45, 7) is 2.31. The van der Waals surface area contributed by atoms with Crippen molar-refractivity contribution < 1.29 is 9.90 Å². The fraction of sp³-hybridized carbons (Fsp3) is 0.722. The van der Waals surface area contributed by atoms with Gasteiger partial charge in [-0.1, -0.05) is 12.5 Å². The molecule has 2 saturated carbocycles. The zero-order chi connectivity index (χ0) is 13.9. The summed E-state index contributed by atoms with van der Waals surface area (Å²) in [7, 11) is 0. The fourth-order valence-electron chi connectivity index (χ4n) is 5.50. The number of aliphatic hydroxyl groups is 1. The van der Waals surface area contributed by atoms with E-state index in [-0.39, 0.29) is 11.5 Å². The molecular weight excluding hydrogens is 248 g/mol. The molecule has 1 unspecified atom stereocenters. The van der Waals surface area contributed by atoms with Crippen LogP contribution in [0.15, 0.2) is 22.8 Å². The minimum atomic E-state index is -0.0936. The summed E-state index contributed by atoms with van der Waals surface area (Å²) in [5, 5.41) is 10.4. The Balaban J connectivity index is 1.74. The molecule has 2 nitrogen and oxygen atoms in total. The van der Waals surface area contributed by atoms with E-state index >= 15 is 0 Å². The predicted octanol–water partition coefficient (Wildman–Crippen LogP) is 3.55. The number of rotatable bonds is 0. The number of carbonyl (C=O) groups excluding carboxylic acids is 1. The predicted molar refractivity (Wildman–Crippen MR) is 78.1 cm³/mol. The third-order valence-corrected chi connectivity index (χ3v) is 6.68. The van der Waals surface area contributed by atoms with Crippen molar-refractivity contribution in [3.05, 3.63) is 22.8 Å². The van der Waals surface area contributed by atoms with Crippen LogP contribution in [0.3, 0.4) is 0 Å². The van der Waals surface area contributed by atoms with E-state index in [1.54, 1.807) is 5.57 Å². The largest absolute Gasteiger partial charge is 0.393 e. The highest BCUT2D eigenvalue weighted by atomic mass is 16.3. The topological polar surface area (TPSA) is 37.3 Å². The van der Waals surface area contributed by atoms with Gasteiger partial charge in [0.15, 0.2) is 5.78 Å². The Morgan fingerprint density at radius 1 is 1.15 bits per heavy atom. The average molecular weight is 272 g/mol. The molecule has 0 aliphatic heterocycles. The lowest BCUT2D eigenvalue weighted by atomic mass is 9.57. The van der Waals surface area contributed by atoms with Gasteiger partial charge in [-0.25, -0.2) is 0 Å². The molecule has 1 N–H and O–H groups in total. The molecule has 0 saturated heterocycles. The smallest absolute Gasteiger partial charge is 0.156 e. The van der Waals surface area contributed by atoms with Gasteiger partial charge in [0, 0.05) is 6.42 Å². The molecular formula is C18H24O2. The second-order valence-electron chi connectivity index (χ2n) is 7.49. The number of aliphatic hydroxyl groups excluding tert-OH is 1. The van der Waals surface area contributed by atoms with Gasteiger partial charge in [-0.2, -0.15) is 0 Å². The van der Waals surface area contributed by atoms with Crippen LogP contribution in [0.5, 0.6) is 0 Å². The minimum Gasteiger partial charge on any atom is -0.393 e. The number of fused-ring (bicyclic) bond motifs is 4. The van der Waals surface area contributed by atoms with Crippen LogP contribution in [-0.4, -0.2) is 17.0 Å². The van der Waals surface area contributed by atoms with E-state index in [4.69, 9.17) is 0 Å². The number of hydrogen-bond acceptors (Lipinski definition) is 2. The van der Waals surface area contributed by atoms with Gasteiger partial charge < -0.3 is 5.11 Å². The van der Waals surface area contributed by atoms with Gasteiger partial charge in [0.1, 0.15) is 0 Å². The number of carbonyl (C=O) groups is 1. The first-order valence-corrected chi connectivity index (χ1v) is 8.23. The maximum Gasteiger partial charge on any atom is 0.156 e. The van der Waals surface area contributed by atoms with Crippen molar-refractivity contribution in [2.75, 3.05) is 0 Å². The molecule has 0 radical (unpaired) electrons. The molecule has 0 heterocycles. The van der Waals surface area contributed by atoms with Crippen LogP contribution in [0.4, 0.5) is 0 Å². The average Bonchev–Trinajstić information content (AvgIpc) is 2.74. The van der Waals surface area contributed by atoms with E-state index in [1.165, 1.54) is 24.0 Å². The molecule has 0 amide bonds. The van der Waals surface area contributed by atoms with Crippen molar-refractivity contribution >= 4 is 5.78 Å². The van der Waals surface area contributed by atoms with Gasteiger partial charge >= 0.3 is 0 Å². The third-order valence-electron chi connectivity index (χ3n) is 6.68. The van der Waals surface area contributed by atoms with Crippen molar-refractivity contribution in [1.82, 2.24) is 0 Å². The highest BCUT2D eigenvalue weighted by Crippen LogP contribution is 2.59. The lowest BCUT2D eigenvalue weighted by molar-refractivity contribution is -0.114. The molecule has 20 heavy (non-hydrogen) atoms. The molecule has 0 aromatic rings. The van der Waals surface area contributed by atoms with E-state index in [2.05, 4.69) is 6.92 Å². The van der Waals surface area contributed by atoms with Gasteiger partial charge in [0.2, 0.25) is 0 Å². The van der Waals surface area contributed by atoms with Gasteiger partial charge in [-0.15, -0.1) is 0 Å². The molecule has 2 fully saturated rings. The lowest BCUT2D eigenvalue weighted by Crippen LogP contribution is -2.42. The summed E-state index contributed by atoms with van der Waals surface area (Å²) in [5.41, 5.74) is 4.69. The van der Waals surface area contributed by atoms with E-state index < -0.39 is 0 Å². The van der Waals surface area contributed by atoms with Crippen LogP contribution in [0.1, 0.15) is 58.3 Å². The van der Waals surface area contributed by atoms with Crippen molar-refractivity contribution in [3.63, 3.8) is 0 Å². The Kier molecular flexibility index (Phi) is 2.76. The van der Waals surface area contributed by atoms with E-state index in [0.29, 0.717) is 24.0 Å². The first-order chi connectivity index (χ1) is 9.59. The Labute approximate surface area is 120 Å². The number of ketones is 1. The van der Waals surface area contributed by atoms with Crippen LogP contribution in [0, 0.1) is 17.3 Å². The molecule has 108 valence electrons. The van der Waals surface area contributed by atoms with Crippen LogP contribution in [0.25, 0.3) is 0 Å². The molecule has 4 aliphatic carbocycles. The summed E-state index contributed by atoms with van der Waals surface area (Å²) in [4.78, 5) is 11.6. The quantitative estimate of drug-likeness (QED) is 0.732. The summed E-state index contributed by atoms with van der Waals surface area (Å²) in [6.07, 6.45) is 10.2. The standard InChI is InChI=1S/C18H24O2/c1-18-9-8-14-13-5-3-12(19)10-11(13)2-4-15(14)16(18)6-7-17(18)20/h10,15-17,20H,2-9H2,1H3/t15?,16-,17-,18-/m0/s1. The monoisotopic (exact) mass is 272 g/mol. The van der Waals surface area contributed by atoms with Gasteiger partial charge in [0.25, 0.3) is 0 Å². The first-order valence-electron chi connectivity index (χ1n) is 8.23. The molecule has 0 spiro atoms. The maximum atomic E-state index is 11.6. The van der Waals surface area contributed by atoms with E-state index in [9.17, 15) is 9.90 Å².